The highest BCUT2D eigenvalue weighted by atomic mass is 35.5. The second-order valence-corrected chi connectivity index (χ2v) is 8.20. The Labute approximate surface area is 201 Å². The van der Waals surface area contributed by atoms with Crippen LogP contribution < -0.4 is 10.2 Å². The maximum Gasteiger partial charge on any atom is 0.323 e. The molecule has 0 bridgehead atoms. The molecule has 4 aromatic carbocycles. The summed E-state index contributed by atoms with van der Waals surface area (Å²) in [6.45, 7) is 0. The molecule has 1 heterocycles. The van der Waals surface area contributed by atoms with Crippen molar-refractivity contribution in [1.29, 1.82) is 0 Å². The predicted molar refractivity (Wildman–Crippen MR) is 133 cm³/mol. The van der Waals surface area contributed by atoms with E-state index in [9.17, 15) is 9.59 Å². The Bertz CT molecular complexity index is 1470. The van der Waals surface area contributed by atoms with Crippen LogP contribution in [0.2, 0.25) is 5.02 Å². The summed E-state index contributed by atoms with van der Waals surface area (Å²) in [5, 5.41) is 0.873. The summed E-state index contributed by atoms with van der Waals surface area (Å²) in [4.78, 5) is 27.1. The van der Waals surface area contributed by atoms with Crippen molar-refractivity contribution in [2.24, 2.45) is 0 Å². The average Bonchev–Trinajstić information content (AvgIpc) is 2.88. The molecule has 5 aromatic rings. The molecule has 5 rings (SSSR count). The third-order valence-corrected chi connectivity index (χ3v) is 5.82. The number of carbonyl (C=O) groups excluding carboxylic acids is 1. The molecule has 4 nitrogen and oxygen atoms in total. The first-order valence-corrected chi connectivity index (χ1v) is 11.1. The monoisotopic (exact) mass is 466 g/mol. The highest BCUT2D eigenvalue weighted by Crippen LogP contribution is 2.34. The van der Waals surface area contributed by atoms with Gasteiger partial charge < -0.3 is 9.15 Å². The molecule has 0 aliphatic rings. The lowest BCUT2D eigenvalue weighted by Crippen LogP contribution is -2.23. The van der Waals surface area contributed by atoms with Crippen LogP contribution in [0.5, 0.6) is 5.75 Å². The Hall–Kier alpha value is -4.15. The lowest BCUT2D eigenvalue weighted by atomic mass is 9.91. The number of ether oxygens (including phenoxy) is 1. The minimum Gasteiger partial charge on any atom is -0.452 e. The Morgan fingerprint density at radius 2 is 1.29 bits per heavy atom. The molecule has 5 heteroatoms. The smallest absolute Gasteiger partial charge is 0.323 e. The summed E-state index contributed by atoms with van der Waals surface area (Å²) in [6, 6.07) is 32.4. The zero-order valence-electron chi connectivity index (χ0n) is 18.0. The van der Waals surface area contributed by atoms with Gasteiger partial charge in [0, 0.05) is 10.6 Å². The standard InChI is InChI=1S/C29H19ClO4/c30-22-17-15-21(16-18-22)27-28(26(31)23-13-7-8-14-24(23)33-27)34-29(32)25(19-9-3-1-4-10-19)20-11-5-2-6-12-20/h1-18,25H. The van der Waals surface area contributed by atoms with Gasteiger partial charge in [-0.05, 0) is 47.5 Å². The normalized spacial score (nSPS) is 11.0. The number of esters is 1. The number of rotatable bonds is 5. The van der Waals surface area contributed by atoms with Crippen LogP contribution in [0.25, 0.3) is 22.3 Å². The van der Waals surface area contributed by atoms with E-state index in [4.69, 9.17) is 20.8 Å². The van der Waals surface area contributed by atoms with Crippen molar-refractivity contribution in [2.75, 3.05) is 0 Å². The van der Waals surface area contributed by atoms with Gasteiger partial charge in [-0.15, -0.1) is 0 Å². The van der Waals surface area contributed by atoms with Gasteiger partial charge in [0.15, 0.2) is 5.76 Å². The SMILES string of the molecule is O=C(Oc1c(-c2ccc(Cl)cc2)oc2ccccc2c1=O)C(c1ccccc1)c1ccccc1. The van der Waals surface area contributed by atoms with Crippen molar-refractivity contribution in [2.45, 2.75) is 5.92 Å². The third kappa shape index (κ3) is 4.24. The van der Waals surface area contributed by atoms with Crippen molar-refractivity contribution in [3.05, 3.63) is 136 Å². The molecule has 0 saturated carbocycles. The fourth-order valence-corrected chi connectivity index (χ4v) is 4.05. The quantitative estimate of drug-likeness (QED) is 0.266. The molecule has 0 aliphatic carbocycles. The molecular weight excluding hydrogens is 448 g/mol. The van der Waals surface area contributed by atoms with E-state index in [-0.39, 0.29) is 11.5 Å². The van der Waals surface area contributed by atoms with Gasteiger partial charge in [0.1, 0.15) is 11.5 Å². The number of halogens is 1. The van der Waals surface area contributed by atoms with Gasteiger partial charge in [0.25, 0.3) is 0 Å². The molecule has 0 atom stereocenters. The molecule has 0 unspecified atom stereocenters. The zero-order chi connectivity index (χ0) is 23.5. The van der Waals surface area contributed by atoms with Gasteiger partial charge in [0.2, 0.25) is 11.2 Å². The number of benzene rings is 4. The topological polar surface area (TPSA) is 56.5 Å². The second kappa shape index (κ2) is 9.38. The van der Waals surface area contributed by atoms with E-state index in [1.807, 2.05) is 60.7 Å². The van der Waals surface area contributed by atoms with E-state index in [1.165, 1.54) is 0 Å². The largest absolute Gasteiger partial charge is 0.452 e. The Kier molecular flexibility index (Phi) is 5.98. The van der Waals surface area contributed by atoms with Crippen molar-refractivity contribution in [3.63, 3.8) is 0 Å². The summed E-state index contributed by atoms with van der Waals surface area (Å²) < 4.78 is 11.9. The number of fused-ring (bicyclic) bond motifs is 1. The van der Waals surface area contributed by atoms with Crippen LogP contribution in [0.4, 0.5) is 0 Å². The van der Waals surface area contributed by atoms with Crippen molar-refractivity contribution >= 4 is 28.5 Å². The maximum atomic E-state index is 13.6. The molecule has 0 radical (unpaired) electrons. The van der Waals surface area contributed by atoms with Gasteiger partial charge in [-0.1, -0.05) is 84.4 Å². The van der Waals surface area contributed by atoms with Crippen LogP contribution >= 0.6 is 11.6 Å². The molecule has 0 N–H and O–H groups in total. The van der Waals surface area contributed by atoms with Crippen molar-refractivity contribution < 1.29 is 13.9 Å². The lowest BCUT2D eigenvalue weighted by Gasteiger charge is -2.18. The highest BCUT2D eigenvalue weighted by molar-refractivity contribution is 6.30. The van der Waals surface area contributed by atoms with E-state index in [0.717, 1.165) is 11.1 Å². The van der Waals surface area contributed by atoms with Crippen molar-refractivity contribution in [3.8, 4) is 17.1 Å². The van der Waals surface area contributed by atoms with Gasteiger partial charge in [-0.2, -0.15) is 0 Å². The van der Waals surface area contributed by atoms with Crippen LogP contribution in [0.1, 0.15) is 17.0 Å². The third-order valence-electron chi connectivity index (χ3n) is 5.57. The average molecular weight is 467 g/mol. The number of hydrogen-bond donors (Lipinski definition) is 0. The molecule has 34 heavy (non-hydrogen) atoms. The summed E-state index contributed by atoms with van der Waals surface area (Å²) in [5.41, 5.74) is 2.08. The minimum atomic E-state index is -0.716. The van der Waals surface area contributed by atoms with Gasteiger partial charge >= 0.3 is 5.97 Å². The molecule has 0 fully saturated rings. The van der Waals surface area contributed by atoms with Gasteiger partial charge in [-0.25, -0.2) is 0 Å². The molecule has 1 aromatic heterocycles. The van der Waals surface area contributed by atoms with E-state index in [0.29, 0.717) is 21.6 Å². The summed E-state index contributed by atoms with van der Waals surface area (Å²) >= 11 is 6.05. The predicted octanol–water partition coefficient (Wildman–Crippen LogP) is 6.85. The molecule has 0 aliphatic heterocycles. The Morgan fingerprint density at radius 1 is 0.735 bits per heavy atom. The number of hydrogen-bond acceptors (Lipinski definition) is 4. The van der Waals surface area contributed by atoms with Gasteiger partial charge in [-0.3, -0.25) is 9.59 Å². The second-order valence-electron chi connectivity index (χ2n) is 7.77. The van der Waals surface area contributed by atoms with E-state index in [2.05, 4.69) is 0 Å². The summed E-state index contributed by atoms with van der Waals surface area (Å²) in [7, 11) is 0. The first-order valence-electron chi connectivity index (χ1n) is 10.7. The van der Waals surface area contributed by atoms with Crippen LogP contribution in [0.15, 0.2) is 118 Å². The van der Waals surface area contributed by atoms with E-state index >= 15 is 0 Å². The highest BCUT2D eigenvalue weighted by Gasteiger charge is 2.28. The fourth-order valence-electron chi connectivity index (χ4n) is 3.92. The zero-order valence-corrected chi connectivity index (χ0v) is 18.7. The van der Waals surface area contributed by atoms with Crippen molar-refractivity contribution in [1.82, 2.24) is 0 Å². The van der Waals surface area contributed by atoms with Gasteiger partial charge in [0.05, 0.1) is 5.39 Å². The maximum absolute atomic E-state index is 13.6. The fraction of sp³-hybridized carbons (Fsp3) is 0.0345. The summed E-state index contributed by atoms with van der Waals surface area (Å²) in [5.74, 6) is -1.27. The molecule has 0 saturated heterocycles. The van der Waals surface area contributed by atoms with Crippen LogP contribution in [0, 0.1) is 0 Å². The number of para-hydroxylation sites is 1. The van der Waals surface area contributed by atoms with E-state index < -0.39 is 17.3 Å². The minimum absolute atomic E-state index is 0.150. The van der Waals surface area contributed by atoms with Crippen LogP contribution in [-0.4, -0.2) is 5.97 Å². The first kappa shape index (κ1) is 21.7. The van der Waals surface area contributed by atoms with Crippen LogP contribution in [-0.2, 0) is 4.79 Å². The lowest BCUT2D eigenvalue weighted by molar-refractivity contribution is -0.135. The molecule has 0 amide bonds. The number of carbonyl (C=O) groups is 1. The summed E-state index contributed by atoms with van der Waals surface area (Å²) in [6.07, 6.45) is 0. The van der Waals surface area contributed by atoms with E-state index in [1.54, 1.807) is 48.5 Å². The first-order chi connectivity index (χ1) is 16.6. The van der Waals surface area contributed by atoms with Crippen LogP contribution in [0.3, 0.4) is 0 Å². The molecule has 0 spiro atoms. The molecule has 166 valence electrons. The Morgan fingerprint density at radius 3 is 1.91 bits per heavy atom. The molecular formula is C29H19ClO4. The Balaban J connectivity index is 1.65.